The fraction of sp³-hybridized carbons (Fsp3) is 0.857. The van der Waals surface area contributed by atoms with Crippen LogP contribution in [0.4, 0.5) is 0 Å². The topological polar surface area (TPSA) is 47.3 Å². The first kappa shape index (κ1) is 13.4. The maximum atomic E-state index is 11.9. The van der Waals surface area contributed by atoms with Crippen LogP contribution in [0.1, 0.15) is 33.1 Å². The number of rotatable bonds is 3. The summed E-state index contributed by atoms with van der Waals surface area (Å²) >= 11 is 0. The van der Waals surface area contributed by atoms with E-state index in [1.165, 1.54) is 6.42 Å². The van der Waals surface area contributed by atoms with E-state index in [4.69, 9.17) is 5.26 Å². The Kier molecular flexibility index (Phi) is 4.23. The third kappa shape index (κ3) is 3.02. The molecule has 18 heavy (non-hydrogen) atoms. The van der Waals surface area contributed by atoms with E-state index in [9.17, 15) is 4.79 Å². The van der Waals surface area contributed by atoms with Crippen molar-refractivity contribution >= 4 is 5.91 Å². The van der Waals surface area contributed by atoms with E-state index in [0.29, 0.717) is 24.9 Å². The second-order valence-electron chi connectivity index (χ2n) is 6.03. The van der Waals surface area contributed by atoms with Crippen LogP contribution in [-0.2, 0) is 4.79 Å². The highest BCUT2D eigenvalue weighted by atomic mass is 16.2. The molecule has 0 aromatic rings. The molecule has 2 atom stereocenters. The molecular formula is C14H23N3O. The third-order valence-electron chi connectivity index (χ3n) is 3.89. The van der Waals surface area contributed by atoms with Gasteiger partial charge in [-0.25, -0.2) is 0 Å². The standard InChI is InChI=1S/C14H23N3O/c1-11(2)8-16-5-3-4-13(10-16)17-9-12(7-15)6-14(17)18/h11-13H,3-6,8-10H2,1-2H3. The molecule has 0 aromatic carbocycles. The normalized spacial score (nSPS) is 29.9. The zero-order valence-electron chi connectivity index (χ0n) is 11.4. The summed E-state index contributed by atoms with van der Waals surface area (Å²) in [5.74, 6) is 0.765. The van der Waals surface area contributed by atoms with Gasteiger partial charge in [-0.05, 0) is 25.3 Å². The van der Waals surface area contributed by atoms with Crippen molar-refractivity contribution in [3.05, 3.63) is 0 Å². The fourth-order valence-corrected chi connectivity index (χ4v) is 3.14. The van der Waals surface area contributed by atoms with Gasteiger partial charge in [-0.3, -0.25) is 4.79 Å². The molecule has 0 bridgehead atoms. The predicted molar refractivity (Wildman–Crippen MR) is 69.7 cm³/mol. The third-order valence-corrected chi connectivity index (χ3v) is 3.89. The molecule has 0 aromatic heterocycles. The Morgan fingerprint density at radius 3 is 2.83 bits per heavy atom. The number of hydrogen-bond donors (Lipinski definition) is 0. The summed E-state index contributed by atoms with van der Waals surface area (Å²) in [7, 11) is 0. The Balaban J connectivity index is 1.93. The maximum Gasteiger partial charge on any atom is 0.224 e. The molecule has 2 unspecified atom stereocenters. The second kappa shape index (κ2) is 5.71. The van der Waals surface area contributed by atoms with Crippen LogP contribution in [0.3, 0.4) is 0 Å². The second-order valence-corrected chi connectivity index (χ2v) is 6.03. The highest BCUT2D eigenvalue weighted by Crippen LogP contribution is 2.24. The Morgan fingerprint density at radius 1 is 1.44 bits per heavy atom. The largest absolute Gasteiger partial charge is 0.337 e. The quantitative estimate of drug-likeness (QED) is 0.761. The first-order chi connectivity index (χ1) is 8.60. The van der Waals surface area contributed by atoms with E-state index in [1.54, 1.807) is 0 Å². The van der Waals surface area contributed by atoms with Gasteiger partial charge in [-0.1, -0.05) is 13.8 Å². The highest BCUT2D eigenvalue weighted by molar-refractivity contribution is 5.79. The van der Waals surface area contributed by atoms with E-state index >= 15 is 0 Å². The SMILES string of the molecule is CC(C)CN1CCCC(N2CC(C#N)CC2=O)C1. The zero-order valence-corrected chi connectivity index (χ0v) is 11.4. The van der Waals surface area contributed by atoms with Crippen LogP contribution in [0.25, 0.3) is 0 Å². The molecule has 4 heteroatoms. The first-order valence-electron chi connectivity index (χ1n) is 7.01. The molecule has 100 valence electrons. The van der Waals surface area contributed by atoms with Gasteiger partial charge in [0.25, 0.3) is 0 Å². The minimum absolute atomic E-state index is 0.0852. The van der Waals surface area contributed by atoms with Gasteiger partial charge in [0.05, 0.1) is 12.0 Å². The lowest BCUT2D eigenvalue weighted by Gasteiger charge is -2.38. The minimum atomic E-state index is -0.0852. The molecule has 2 fully saturated rings. The lowest BCUT2D eigenvalue weighted by molar-refractivity contribution is -0.130. The minimum Gasteiger partial charge on any atom is -0.337 e. The number of piperidine rings is 1. The van der Waals surface area contributed by atoms with Crippen molar-refractivity contribution in [1.82, 2.24) is 9.80 Å². The number of hydrogen-bond acceptors (Lipinski definition) is 3. The molecule has 0 saturated carbocycles. The molecule has 4 nitrogen and oxygen atoms in total. The predicted octanol–water partition coefficient (Wildman–Crippen LogP) is 1.48. The van der Waals surface area contributed by atoms with Crippen molar-refractivity contribution in [3.8, 4) is 6.07 Å². The van der Waals surface area contributed by atoms with Crippen molar-refractivity contribution in [3.63, 3.8) is 0 Å². The van der Waals surface area contributed by atoms with E-state index in [-0.39, 0.29) is 11.8 Å². The molecule has 2 saturated heterocycles. The van der Waals surface area contributed by atoms with Crippen molar-refractivity contribution in [2.45, 2.75) is 39.2 Å². The Morgan fingerprint density at radius 2 is 2.22 bits per heavy atom. The number of carbonyl (C=O) groups excluding carboxylic acids is 1. The summed E-state index contributed by atoms with van der Waals surface area (Å²) in [6, 6.07) is 2.57. The van der Waals surface area contributed by atoms with Crippen LogP contribution in [0.2, 0.25) is 0 Å². The average Bonchev–Trinajstić information content (AvgIpc) is 2.70. The number of nitriles is 1. The van der Waals surface area contributed by atoms with E-state index in [2.05, 4.69) is 24.8 Å². The molecular weight excluding hydrogens is 226 g/mol. The zero-order chi connectivity index (χ0) is 13.1. The number of likely N-dealkylation sites (tertiary alicyclic amines) is 2. The van der Waals surface area contributed by atoms with Gasteiger partial charge in [0, 0.05) is 32.1 Å². The summed E-state index contributed by atoms with van der Waals surface area (Å²) in [5, 5.41) is 8.93. The molecule has 0 radical (unpaired) electrons. The summed E-state index contributed by atoms with van der Waals surface area (Å²) in [5.41, 5.74) is 0. The van der Waals surface area contributed by atoms with Gasteiger partial charge in [0.2, 0.25) is 5.91 Å². The lowest BCUT2D eigenvalue weighted by atomic mass is 10.0. The number of nitrogens with zero attached hydrogens (tertiary/aromatic N) is 3. The van der Waals surface area contributed by atoms with Crippen LogP contribution >= 0.6 is 0 Å². The van der Waals surface area contributed by atoms with E-state index in [0.717, 1.165) is 26.1 Å². The summed E-state index contributed by atoms with van der Waals surface area (Å²) < 4.78 is 0. The van der Waals surface area contributed by atoms with E-state index < -0.39 is 0 Å². The monoisotopic (exact) mass is 249 g/mol. The average molecular weight is 249 g/mol. The molecule has 1 amide bonds. The molecule has 2 heterocycles. The van der Waals surface area contributed by atoms with Crippen LogP contribution in [0, 0.1) is 23.2 Å². The summed E-state index contributed by atoms with van der Waals surface area (Å²) in [6.45, 7) is 8.36. The molecule has 2 rings (SSSR count). The van der Waals surface area contributed by atoms with Crippen LogP contribution in [0.5, 0.6) is 0 Å². The number of amides is 1. The van der Waals surface area contributed by atoms with Crippen molar-refractivity contribution in [2.24, 2.45) is 11.8 Å². The molecule has 2 aliphatic heterocycles. The van der Waals surface area contributed by atoms with Crippen molar-refractivity contribution in [2.75, 3.05) is 26.2 Å². The van der Waals surface area contributed by atoms with Crippen LogP contribution in [-0.4, -0.2) is 47.9 Å². The lowest BCUT2D eigenvalue weighted by Crippen LogP contribution is -2.49. The Labute approximate surface area is 110 Å². The van der Waals surface area contributed by atoms with Gasteiger partial charge < -0.3 is 9.80 Å². The van der Waals surface area contributed by atoms with Crippen LogP contribution in [0.15, 0.2) is 0 Å². The molecule has 2 aliphatic rings. The van der Waals surface area contributed by atoms with Crippen molar-refractivity contribution in [1.29, 1.82) is 5.26 Å². The number of carbonyl (C=O) groups is 1. The smallest absolute Gasteiger partial charge is 0.224 e. The molecule has 0 spiro atoms. The summed E-state index contributed by atoms with van der Waals surface area (Å²) in [4.78, 5) is 16.4. The summed E-state index contributed by atoms with van der Waals surface area (Å²) in [6.07, 6.45) is 2.69. The van der Waals surface area contributed by atoms with Gasteiger partial charge in [0.15, 0.2) is 0 Å². The van der Waals surface area contributed by atoms with Gasteiger partial charge >= 0.3 is 0 Å². The first-order valence-corrected chi connectivity index (χ1v) is 7.01. The van der Waals surface area contributed by atoms with Gasteiger partial charge in [-0.15, -0.1) is 0 Å². The van der Waals surface area contributed by atoms with Crippen LogP contribution < -0.4 is 0 Å². The molecule has 0 aliphatic carbocycles. The molecule has 0 N–H and O–H groups in total. The maximum absolute atomic E-state index is 11.9. The fourth-order valence-electron chi connectivity index (χ4n) is 3.14. The van der Waals surface area contributed by atoms with Gasteiger partial charge in [0.1, 0.15) is 0 Å². The highest BCUT2D eigenvalue weighted by Gasteiger charge is 2.36. The van der Waals surface area contributed by atoms with E-state index in [1.807, 2.05) is 4.90 Å². The Bertz CT molecular complexity index is 347. The van der Waals surface area contributed by atoms with Gasteiger partial charge in [-0.2, -0.15) is 5.26 Å². The Hall–Kier alpha value is -1.08. The van der Waals surface area contributed by atoms with Crippen molar-refractivity contribution < 1.29 is 4.79 Å².